The van der Waals surface area contributed by atoms with Crippen molar-refractivity contribution in [3.63, 3.8) is 0 Å². The summed E-state index contributed by atoms with van der Waals surface area (Å²) in [6.45, 7) is 2.09. The largest absolute Gasteiger partial charge is 0.391 e. The van der Waals surface area contributed by atoms with Gasteiger partial charge in [0, 0.05) is 16.6 Å². The molecular weight excluding hydrogens is 283 g/mol. The highest BCUT2D eigenvalue weighted by Crippen LogP contribution is 2.38. The lowest BCUT2D eigenvalue weighted by Crippen LogP contribution is -2.32. The zero-order valence-corrected chi connectivity index (χ0v) is 12.4. The van der Waals surface area contributed by atoms with Gasteiger partial charge in [0.15, 0.2) is 0 Å². The van der Waals surface area contributed by atoms with Gasteiger partial charge in [-0.05, 0) is 43.6 Å². The third-order valence-electron chi connectivity index (χ3n) is 3.74. The normalized spacial score (nSPS) is 23.6. The van der Waals surface area contributed by atoms with E-state index in [9.17, 15) is 13.2 Å². The number of rotatable bonds is 4. The van der Waals surface area contributed by atoms with Crippen LogP contribution in [0.4, 0.5) is 18.9 Å². The van der Waals surface area contributed by atoms with Crippen LogP contribution < -0.4 is 5.32 Å². The monoisotopic (exact) mass is 303 g/mol. The fourth-order valence-corrected chi connectivity index (χ4v) is 3.42. The van der Waals surface area contributed by atoms with Crippen molar-refractivity contribution in [3.05, 3.63) is 24.3 Å². The Morgan fingerprint density at radius 2 is 1.80 bits per heavy atom. The van der Waals surface area contributed by atoms with E-state index in [1.807, 2.05) is 18.2 Å². The van der Waals surface area contributed by atoms with Gasteiger partial charge in [-0.3, -0.25) is 0 Å². The van der Waals surface area contributed by atoms with Gasteiger partial charge in [0.2, 0.25) is 0 Å². The number of benzene rings is 1. The summed E-state index contributed by atoms with van der Waals surface area (Å²) in [5.74, 6) is -0.125. The second-order valence-electron chi connectivity index (χ2n) is 5.16. The van der Waals surface area contributed by atoms with E-state index in [2.05, 4.69) is 18.3 Å². The molecule has 5 heteroatoms. The standard InChI is InChI=1S/C15H20F3NS/c1-2-20-14-6-4-3-5-13(14)19-12-9-7-11(8-10-12)15(16,17)18/h3-6,11-12,19H,2,7-10H2,1H3. The molecule has 0 radical (unpaired) electrons. The van der Waals surface area contributed by atoms with Gasteiger partial charge in [-0.15, -0.1) is 11.8 Å². The molecule has 0 heterocycles. The molecule has 1 nitrogen and oxygen atoms in total. The Balaban J connectivity index is 1.93. The Hall–Kier alpha value is -0.840. The van der Waals surface area contributed by atoms with Gasteiger partial charge < -0.3 is 5.32 Å². The van der Waals surface area contributed by atoms with Crippen molar-refractivity contribution in [1.82, 2.24) is 0 Å². The average Bonchev–Trinajstić information content (AvgIpc) is 2.41. The van der Waals surface area contributed by atoms with Gasteiger partial charge in [-0.2, -0.15) is 13.2 Å². The lowest BCUT2D eigenvalue weighted by molar-refractivity contribution is -0.182. The number of thioether (sulfide) groups is 1. The first-order valence-corrected chi connectivity index (χ1v) is 8.04. The van der Waals surface area contributed by atoms with E-state index in [-0.39, 0.29) is 18.9 Å². The predicted octanol–water partition coefficient (Wildman–Crippen LogP) is 5.33. The van der Waals surface area contributed by atoms with E-state index in [0.717, 1.165) is 11.4 Å². The molecule has 1 fully saturated rings. The average molecular weight is 303 g/mol. The number of nitrogens with one attached hydrogen (secondary N) is 1. The lowest BCUT2D eigenvalue weighted by atomic mass is 9.85. The number of hydrogen-bond acceptors (Lipinski definition) is 2. The number of hydrogen-bond donors (Lipinski definition) is 1. The predicted molar refractivity (Wildman–Crippen MR) is 78.3 cm³/mol. The summed E-state index contributed by atoms with van der Waals surface area (Å²) in [6, 6.07) is 8.17. The summed E-state index contributed by atoms with van der Waals surface area (Å²) < 4.78 is 37.9. The molecule has 0 aromatic heterocycles. The van der Waals surface area contributed by atoms with Crippen LogP contribution in [0.25, 0.3) is 0 Å². The van der Waals surface area contributed by atoms with Gasteiger partial charge >= 0.3 is 6.18 Å². The second kappa shape index (κ2) is 6.74. The summed E-state index contributed by atoms with van der Waals surface area (Å²) in [6.07, 6.45) is -2.36. The Labute approximate surface area is 122 Å². The van der Waals surface area contributed by atoms with E-state index >= 15 is 0 Å². The van der Waals surface area contributed by atoms with Crippen molar-refractivity contribution in [1.29, 1.82) is 0 Å². The van der Waals surface area contributed by atoms with Crippen molar-refractivity contribution in [2.45, 2.75) is 49.7 Å². The number of para-hydroxylation sites is 1. The Bertz CT molecular complexity index is 425. The number of halogens is 3. The SMILES string of the molecule is CCSc1ccccc1NC1CCC(C(F)(F)F)CC1. The van der Waals surface area contributed by atoms with Crippen LogP contribution in [0.2, 0.25) is 0 Å². The van der Waals surface area contributed by atoms with Crippen LogP contribution in [-0.4, -0.2) is 18.0 Å². The van der Waals surface area contributed by atoms with Gasteiger partial charge in [-0.25, -0.2) is 0 Å². The van der Waals surface area contributed by atoms with Crippen molar-refractivity contribution in [2.75, 3.05) is 11.1 Å². The molecule has 0 atom stereocenters. The molecule has 1 aliphatic carbocycles. The fourth-order valence-electron chi connectivity index (χ4n) is 2.65. The molecule has 112 valence electrons. The van der Waals surface area contributed by atoms with Crippen molar-refractivity contribution >= 4 is 17.4 Å². The maximum atomic E-state index is 12.6. The van der Waals surface area contributed by atoms with Gasteiger partial charge in [0.05, 0.1) is 5.92 Å². The summed E-state index contributed by atoms with van der Waals surface area (Å²) in [4.78, 5) is 1.17. The van der Waals surface area contributed by atoms with Crippen LogP contribution in [0.3, 0.4) is 0 Å². The first kappa shape index (κ1) is 15.5. The topological polar surface area (TPSA) is 12.0 Å². The maximum absolute atomic E-state index is 12.6. The minimum absolute atomic E-state index is 0.159. The molecule has 0 bridgehead atoms. The van der Waals surface area contributed by atoms with E-state index < -0.39 is 12.1 Å². The van der Waals surface area contributed by atoms with Crippen LogP contribution in [0.5, 0.6) is 0 Å². The maximum Gasteiger partial charge on any atom is 0.391 e. The minimum Gasteiger partial charge on any atom is -0.381 e. The fraction of sp³-hybridized carbons (Fsp3) is 0.600. The molecule has 1 aromatic rings. The van der Waals surface area contributed by atoms with Crippen molar-refractivity contribution in [3.8, 4) is 0 Å². The molecule has 1 N–H and O–H groups in total. The molecule has 0 spiro atoms. The summed E-state index contributed by atoms with van der Waals surface area (Å²) >= 11 is 1.75. The molecule has 1 aromatic carbocycles. The summed E-state index contributed by atoms with van der Waals surface area (Å²) in [5, 5.41) is 3.42. The summed E-state index contributed by atoms with van der Waals surface area (Å²) in [7, 11) is 0. The number of anilines is 1. The Morgan fingerprint density at radius 3 is 2.40 bits per heavy atom. The molecule has 1 saturated carbocycles. The van der Waals surface area contributed by atoms with Crippen LogP contribution in [0.15, 0.2) is 29.2 Å². The second-order valence-corrected chi connectivity index (χ2v) is 6.47. The van der Waals surface area contributed by atoms with E-state index in [4.69, 9.17) is 0 Å². The molecule has 0 aliphatic heterocycles. The summed E-state index contributed by atoms with van der Waals surface area (Å²) in [5.41, 5.74) is 1.05. The van der Waals surface area contributed by atoms with E-state index in [1.54, 1.807) is 11.8 Å². The molecule has 0 unspecified atom stereocenters. The van der Waals surface area contributed by atoms with E-state index in [0.29, 0.717) is 12.8 Å². The zero-order valence-electron chi connectivity index (χ0n) is 11.5. The third kappa shape index (κ3) is 4.08. The molecule has 20 heavy (non-hydrogen) atoms. The lowest BCUT2D eigenvalue weighted by Gasteiger charge is -2.31. The van der Waals surface area contributed by atoms with Crippen molar-refractivity contribution in [2.24, 2.45) is 5.92 Å². The van der Waals surface area contributed by atoms with Gasteiger partial charge in [0.1, 0.15) is 0 Å². The van der Waals surface area contributed by atoms with Gasteiger partial charge in [0.25, 0.3) is 0 Å². The minimum atomic E-state index is -4.03. The molecule has 2 rings (SSSR count). The Morgan fingerprint density at radius 1 is 1.15 bits per heavy atom. The highest BCUT2D eigenvalue weighted by molar-refractivity contribution is 7.99. The smallest absolute Gasteiger partial charge is 0.381 e. The van der Waals surface area contributed by atoms with Crippen LogP contribution >= 0.6 is 11.8 Å². The molecular formula is C15H20F3NS. The highest BCUT2D eigenvalue weighted by Gasteiger charge is 2.41. The quantitative estimate of drug-likeness (QED) is 0.754. The molecule has 0 saturated heterocycles. The first-order valence-electron chi connectivity index (χ1n) is 7.05. The highest BCUT2D eigenvalue weighted by atomic mass is 32.2. The molecule has 1 aliphatic rings. The van der Waals surface area contributed by atoms with Crippen LogP contribution in [-0.2, 0) is 0 Å². The van der Waals surface area contributed by atoms with Gasteiger partial charge in [-0.1, -0.05) is 19.1 Å². The van der Waals surface area contributed by atoms with Crippen LogP contribution in [0, 0.1) is 5.92 Å². The number of alkyl halides is 3. The van der Waals surface area contributed by atoms with E-state index in [1.165, 1.54) is 4.90 Å². The third-order valence-corrected chi connectivity index (χ3v) is 4.69. The van der Waals surface area contributed by atoms with Crippen molar-refractivity contribution < 1.29 is 13.2 Å². The Kier molecular flexibility index (Phi) is 5.24. The molecule has 0 amide bonds. The zero-order chi connectivity index (χ0) is 14.6. The first-order chi connectivity index (χ1) is 9.50. The van der Waals surface area contributed by atoms with Crippen LogP contribution in [0.1, 0.15) is 32.6 Å².